The Morgan fingerprint density at radius 3 is 2.79 bits per heavy atom. The van der Waals surface area contributed by atoms with Crippen molar-refractivity contribution >= 4 is 22.4 Å². The van der Waals surface area contributed by atoms with Crippen LogP contribution in [0.4, 0.5) is 10.8 Å². The molecule has 6 heteroatoms. The molecule has 0 amide bonds. The first kappa shape index (κ1) is 14.4. The predicted octanol–water partition coefficient (Wildman–Crippen LogP) is 2.27. The van der Waals surface area contributed by atoms with E-state index in [4.69, 9.17) is 10.5 Å². The third-order valence-corrected chi connectivity index (χ3v) is 4.22. The molecule has 0 aliphatic carbocycles. The fourth-order valence-electron chi connectivity index (χ4n) is 2.26. The van der Waals surface area contributed by atoms with Crippen molar-refractivity contribution < 1.29 is 4.74 Å². The van der Waals surface area contributed by atoms with Gasteiger partial charge >= 0.3 is 0 Å². The Hall–Kier alpha value is -1.01. The van der Waals surface area contributed by atoms with Crippen molar-refractivity contribution in [3.05, 3.63) is 0 Å². The summed E-state index contributed by atoms with van der Waals surface area (Å²) in [6, 6.07) is 0. The van der Waals surface area contributed by atoms with Gasteiger partial charge in [0, 0.05) is 6.54 Å². The zero-order chi connectivity index (χ0) is 13.8. The lowest BCUT2D eigenvalue weighted by molar-refractivity contribution is 0.225. The fraction of sp³-hybridized carbons (Fsp3) is 0.769. The van der Waals surface area contributed by atoms with Crippen LogP contribution in [0.25, 0.3) is 0 Å². The Balaban J connectivity index is 1.89. The van der Waals surface area contributed by atoms with E-state index in [0.29, 0.717) is 11.6 Å². The van der Waals surface area contributed by atoms with E-state index in [9.17, 15) is 0 Å². The minimum absolute atomic E-state index is 0.114. The highest BCUT2D eigenvalue weighted by atomic mass is 32.1. The van der Waals surface area contributed by atoms with Gasteiger partial charge in [-0.15, -0.1) is 0 Å². The summed E-state index contributed by atoms with van der Waals surface area (Å²) in [5.41, 5.74) is 5.84. The highest BCUT2D eigenvalue weighted by molar-refractivity contribution is 7.11. The van der Waals surface area contributed by atoms with Crippen LogP contribution in [0, 0.1) is 5.92 Å². The highest BCUT2D eigenvalue weighted by Crippen LogP contribution is 2.36. The number of piperidine rings is 1. The summed E-state index contributed by atoms with van der Waals surface area (Å²) in [7, 11) is 2.18. The lowest BCUT2D eigenvalue weighted by Gasteiger charge is -2.29. The van der Waals surface area contributed by atoms with Crippen molar-refractivity contribution in [2.24, 2.45) is 5.92 Å². The van der Waals surface area contributed by atoms with Crippen molar-refractivity contribution in [2.45, 2.75) is 32.8 Å². The van der Waals surface area contributed by atoms with E-state index in [0.717, 1.165) is 17.5 Å². The summed E-state index contributed by atoms with van der Waals surface area (Å²) < 4.78 is 9.89. The zero-order valence-electron chi connectivity index (χ0n) is 12.0. The van der Waals surface area contributed by atoms with E-state index in [2.05, 4.69) is 21.6 Å². The van der Waals surface area contributed by atoms with Crippen LogP contribution in [0.3, 0.4) is 0 Å². The summed E-state index contributed by atoms with van der Waals surface area (Å²) in [5.74, 6) is 1.93. The molecule has 3 N–H and O–H groups in total. The molecule has 0 aromatic carbocycles. The maximum absolute atomic E-state index is 5.84. The summed E-state index contributed by atoms with van der Waals surface area (Å²) in [4.78, 5) is 2.38. The van der Waals surface area contributed by atoms with E-state index in [1.54, 1.807) is 0 Å². The molecular weight excluding hydrogens is 260 g/mol. The molecule has 0 spiro atoms. The van der Waals surface area contributed by atoms with Crippen LogP contribution in [-0.4, -0.2) is 42.1 Å². The average molecular weight is 284 g/mol. The largest absolute Gasteiger partial charge is 0.484 e. The van der Waals surface area contributed by atoms with E-state index in [1.165, 1.54) is 37.5 Å². The number of hydrogen-bond acceptors (Lipinski definition) is 6. The topological polar surface area (TPSA) is 63.4 Å². The summed E-state index contributed by atoms with van der Waals surface area (Å²) in [6.07, 6.45) is 2.61. The number of nitrogens with two attached hydrogens (primary N) is 1. The Morgan fingerprint density at radius 2 is 2.16 bits per heavy atom. The van der Waals surface area contributed by atoms with Gasteiger partial charge in [-0.2, -0.15) is 4.37 Å². The van der Waals surface area contributed by atoms with Gasteiger partial charge < -0.3 is 20.7 Å². The normalized spacial score (nSPS) is 17.9. The molecule has 1 aliphatic heterocycles. The first-order valence-electron chi connectivity index (χ1n) is 6.90. The Bertz CT molecular complexity index is 399. The molecule has 1 fully saturated rings. The molecule has 1 aromatic rings. The molecule has 1 aliphatic rings. The van der Waals surface area contributed by atoms with Gasteiger partial charge in [0.25, 0.3) is 0 Å². The number of nitrogens with one attached hydrogen (secondary N) is 1. The second-order valence-electron chi connectivity index (χ2n) is 5.52. The zero-order valence-corrected chi connectivity index (χ0v) is 12.8. The number of ether oxygens (including phenoxy) is 1. The van der Waals surface area contributed by atoms with Crippen LogP contribution >= 0.6 is 11.5 Å². The van der Waals surface area contributed by atoms with Crippen molar-refractivity contribution in [2.75, 3.05) is 37.7 Å². The van der Waals surface area contributed by atoms with E-state index in [1.807, 2.05) is 13.8 Å². The Morgan fingerprint density at radius 1 is 1.47 bits per heavy atom. The number of nitrogen functional groups attached to an aromatic ring is 1. The molecule has 0 bridgehead atoms. The molecule has 2 rings (SSSR count). The molecule has 0 atom stereocenters. The predicted molar refractivity (Wildman–Crippen MR) is 81.0 cm³/mol. The number of anilines is 2. The van der Waals surface area contributed by atoms with Crippen molar-refractivity contribution in [3.8, 4) is 5.75 Å². The van der Waals surface area contributed by atoms with Crippen LogP contribution in [0.15, 0.2) is 0 Å². The molecule has 0 radical (unpaired) electrons. The molecule has 19 heavy (non-hydrogen) atoms. The van der Waals surface area contributed by atoms with Gasteiger partial charge in [0.2, 0.25) is 0 Å². The van der Waals surface area contributed by atoms with Crippen LogP contribution < -0.4 is 15.8 Å². The molecule has 0 saturated carbocycles. The molecule has 108 valence electrons. The van der Waals surface area contributed by atoms with Crippen LogP contribution in [-0.2, 0) is 0 Å². The fourth-order valence-corrected chi connectivity index (χ4v) is 2.92. The second kappa shape index (κ2) is 6.43. The minimum Gasteiger partial charge on any atom is -0.484 e. The van der Waals surface area contributed by atoms with Gasteiger partial charge in [-0.1, -0.05) is 0 Å². The van der Waals surface area contributed by atoms with Crippen LogP contribution in [0.2, 0.25) is 0 Å². The van der Waals surface area contributed by atoms with Crippen molar-refractivity contribution in [1.29, 1.82) is 0 Å². The van der Waals surface area contributed by atoms with E-state index >= 15 is 0 Å². The number of hydrogen-bond donors (Lipinski definition) is 2. The SMILES string of the molecule is CC(C)Oc1c(N)nsc1NCC1CCN(C)CC1. The molecule has 2 heterocycles. The van der Waals surface area contributed by atoms with Crippen molar-refractivity contribution in [3.63, 3.8) is 0 Å². The monoisotopic (exact) mass is 284 g/mol. The number of likely N-dealkylation sites (tertiary alicyclic amines) is 1. The van der Waals surface area contributed by atoms with Crippen molar-refractivity contribution in [1.82, 2.24) is 9.27 Å². The maximum atomic E-state index is 5.84. The van der Waals surface area contributed by atoms with E-state index < -0.39 is 0 Å². The number of nitrogens with zero attached hydrogens (tertiary/aromatic N) is 2. The number of rotatable bonds is 5. The quantitative estimate of drug-likeness (QED) is 0.868. The standard InChI is InChI=1S/C13H24N4OS/c1-9(2)18-11-12(14)16-19-13(11)15-8-10-4-6-17(3)7-5-10/h9-10,15H,4-8H2,1-3H3,(H2,14,16). The molecule has 0 unspecified atom stereocenters. The highest BCUT2D eigenvalue weighted by Gasteiger charge is 2.19. The van der Waals surface area contributed by atoms with Crippen LogP contribution in [0.1, 0.15) is 26.7 Å². The molecule has 5 nitrogen and oxygen atoms in total. The Labute approximate surface area is 119 Å². The molecular formula is C13H24N4OS. The average Bonchev–Trinajstić information content (AvgIpc) is 2.70. The van der Waals surface area contributed by atoms with Gasteiger partial charge in [-0.25, -0.2) is 0 Å². The lowest BCUT2D eigenvalue weighted by atomic mass is 9.97. The summed E-state index contributed by atoms with van der Waals surface area (Å²) >= 11 is 1.39. The van der Waals surface area contributed by atoms with Gasteiger partial charge in [0.05, 0.1) is 6.10 Å². The lowest BCUT2D eigenvalue weighted by Crippen LogP contribution is -2.32. The third kappa shape index (κ3) is 3.98. The first-order valence-corrected chi connectivity index (χ1v) is 7.67. The van der Waals surface area contributed by atoms with Gasteiger partial charge in [0.15, 0.2) is 16.6 Å². The summed E-state index contributed by atoms with van der Waals surface area (Å²) in [5, 5.41) is 4.42. The van der Waals surface area contributed by atoms with Gasteiger partial charge in [0.1, 0.15) is 0 Å². The minimum atomic E-state index is 0.114. The van der Waals surface area contributed by atoms with Crippen LogP contribution in [0.5, 0.6) is 5.75 Å². The van der Waals surface area contributed by atoms with Gasteiger partial charge in [-0.05, 0) is 64.3 Å². The smallest absolute Gasteiger partial charge is 0.197 e. The maximum Gasteiger partial charge on any atom is 0.197 e. The van der Waals surface area contributed by atoms with E-state index in [-0.39, 0.29) is 6.10 Å². The first-order chi connectivity index (χ1) is 9.06. The van der Waals surface area contributed by atoms with Gasteiger partial charge in [-0.3, -0.25) is 0 Å². The molecule has 1 saturated heterocycles. The molecule has 1 aromatic heterocycles. The number of aromatic nitrogens is 1. The summed E-state index contributed by atoms with van der Waals surface area (Å²) in [6.45, 7) is 7.35. The second-order valence-corrected chi connectivity index (χ2v) is 6.29. The Kier molecular flexibility index (Phi) is 4.87. The third-order valence-electron chi connectivity index (χ3n) is 3.42.